The predicted molar refractivity (Wildman–Crippen MR) is 109 cm³/mol. The fourth-order valence-corrected chi connectivity index (χ4v) is 3.45. The van der Waals surface area contributed by atoms with E-state index in [1.807, 2.05) is 38.1 Å². The molecule has 0 saturated heterocycles. The fraction of sp³-hybridized carbons (Fsp3) is 0.261. The van der Waals surface area contributed by atoms with E-state index in [1.165, 1.54) is 24.3 Å². The van der Waals surface area contributed by atoms with Gasteiger partial charge in [0.15, 0.2) is 0 Å². The molecular formula is C23H23FN2O3. The minimum Gasteiger partial charge on any atom is -0.444 e. The molecule has 1 amide bonds. The molecule has 0 spiro atoms. The Morgan fingerprint density at radius 1 is 1.10 bits per heavy atom. The number of aromatic nitrogens is 1. The number of carbonyl (C=O) groups is 2. The molecule has 3 rings (SSSR count). The number of hydrogen-bond donors (Lipinski definition) is 1. The van der Waals surface area contributed by atoms with E-state index in [9.17, 15) is 14.0 Å². The minimum absolute atomic E-state index is 0.317. The van der Waals surface area contributed by atoms with Crippen molar-refractivity contribution in [2.45, 2.75) is 39.2 Å². The number of ether oxygens (including phenoxy) is 1. The van der Waals surface area contributed by atoms with Gasteiger partial charge in [-0.15, -0.1) is 0 Å². The van der Waals surface area contributed by atoms with Crippen molar-refractivity contribution in [3.05, 3.63) is 76.7 Å². The number of hydrogen-bond acceptors (Lipinski definition) is 4. The van der Waals surface area contributed by atoms with Gasteiger partial charge in [0, 0.05) is 16.6 Å². The van der Waals surface area contributed by atoms with Crippen LogP contribution in [-0.4, -0.2) is 16.9 Å². The van der Waals surface area contributed by atoms with Gasteiger partial charge >= 0.3 is 5.97 Å². The molecule has 0 aliphatic rings. The average Bonchev–Trinajstić information content (AvgIpc) is 2.71. The van der Waals surface area contributed by atoms with Crippen molar-refractivity contribution in [2.24, 2.45) is 5.73 Å². The first kappa shape index (κ1) is 20.5. The maximum absolute atomic E-state index is 13.2. The Bertz CT molecular complexity index is 1050. The molecule has 6 heteroatoms. The van der Waals surface area contributed by atoms with Gasteiger partial charge in [0.05, 0.1) is 11.1 Å². The number of carbonyl (C=O) groups excluding carboxylic acids is 2. The second-order valence-corrected chi connectivity index (χ2v) is 6.77. The molecule has 1 heterocycles. The SMILES string of the molecule is CCCc1nc2ccccc2c(C(=O)OC(C(N)=O)c2ccc(F)cc2)c1CC. The van der Waals surface area contributed by atoms with Crippen LogP contribution in [0.4, 0.5) is 4.39 Å². The zero-order chi connectivity index (χ0) is 21.0. The summed E-state index contributed by atoms with van der Waals surface area (Å²) in [6.07, 6.45) is 0.891. The number of halogens is 1. The van der Waals surface area contributed by atoms with Crippen molar-refractivity contribution in [1.29, 1.82) is 0 Å². The van der Waals surface area contributed by atoms with Gasteiger partial charge in [0.25, 0.3) is 5.91 Å². The lowest BCUT2D eigenvalue weighted by Crippen LogP contribution is -2.27. The van der Waals surface area contributed by atoms with Crippen LogP contribution >= 0.6 is 0 Å². The van der Waals surface area contributed by atoms with E-state index in [4.69, 9.17) is 15.5 Å². The first-order valence-corrected chi connectivity index (χ1v) is 9.62. The van der Waals surface area contributed by atoms with E-state index < -0.39 is 23.8 Å². The van der Waals surface area contributed by atoms with Crippen LogP contribution in [0.3, 0.4) is 0 Å². The molecule has 3 aromatic rings. The van der Waals surface area contributed by atoms with Gasteiger partial charge in [-0.25, -0.2) is 9.18 Å². The van der Waals surface area contributed by atoms with Crippen molar-refractivity contribution in [2.75, 3.05) is 0 Å². The predicted octanol–water partition coefficient (Wildman–Crippen LogP) is 4.27. The molecule has 0 radical (unpaired) electrons. The lowest BCUT2D eigenvalue weighted by Gasteiger charge is -2.19. The van der Waals surface area contributed by atoms with E-state index in [0.29, 0.717) is 28.5 Å². The van der Waals surface area contributed by atoms with Crippen molar-refractivity contribution in [1.82, 2.24) is 4.98 Å². The van der Waals surface area contributed by atoms with Gasteiger partial charge in [0.1, 0.15) is 5.82 Å². The maximum atomic E-state index is 13.2. The summed E-state index contributed by atoms with van der Waals surface area (Å²) in [7, 11) is 0. The van der Waals surface area contributed by atoms with Gasteiger partial charge in [-0.2, -0.15) is 0 Å². The van der Waals surface area contributed by atoms with E-state index in [0.717, 1.165) is 24.1 Å². The summed E-state index contributed by atoms with van der Waals surface area (Å²) in [4.78, 5) is 29.9. The van der Waals surface area contributed by atoms with Gasteiger partial charge in [-0.1, -0.05) is 50.6 Å². The molecule has 5 nitrogen and oxygen atoms in total. The lowest BCUT2D eigenvalue weighted by atomic mass is 9.96. The van der Waals surface area contributed by atoms with E-state index >= 15 is 0 Å². The number of aryl methyl sites for hydroxylation is 1. The summed E-state index contributed by atoms with van der Waals surface area (Å²) in [6, 6.07) is 12.5. The van der Waals surface area contributed by atoms with Crippen molar-refractivity contribution < 1.29 is 18.7 Å². The lowest BCUT2D eigenvalue weighted by molar-refractivity contribution is -0.127. The normalized spacial score (nSPS) is 12.0. The number of amides is 1. The molecule has 2 aromatic carbocycles. The van der Waals surface area contributed by atoms with Crippen LogP contribution in [0.15, 0.2) is 48.5 Å². The Hall–Kier alpha value is -3.28. The molecule has 1 unspecified atom stereocenters. The van der Waals surface area contributed by atoms with Gasteiger partial charge < -0.3 is 10.5 Å². The summed E-state index contributed by atoms with van der Waals surface area (Å²) >= 11 is 0. The summed E-state index contributed by atoms with van der Waals surface area (Å²) in [6.45, 7) is 4.00. The third-order valence-electron chi connectivity index (χ3n) is 4.78. The Morgan fingerprint density at radius 3 is 2.41 bits per heavy atom. The molecule has 0 aliphatic heterocycles. The van der Waals surface area contributed by atoms with Crippen LogP contribution in [0.5, 0.6) is 0 Å². The van der Waals surface area contributed by atoms with Crippen LogP contribution < -0.4 is 5.73 Å². The number of esters is 1. The molecule has 2 N–H and O–H groups in total. The molecule has 0 bridgehead atoms. The summed E-state index contributed by atoms with van der Waals surface area (Å²) in [5.41, 5.74) is 8.53. The topological polar surface area (TPSA) is 82.3 Å². The summed E-state index contributed by atoms with van der Waals surface area (Å²) in [5.74, 6) is -1.93. The number of nitrogens with two attached hydrogens (primary N) is 1. The first-order chi connectivity index (χ1) is 14.0. The molecule has 1 aromatic heterocycles. The van der Waals surface area contributed by atoms with Gasteiger partial charge in [-0.05, 0) is 36.6 Å². The van der Waals surface area contributed by atoms with E-state index in [2.05, 4.69) is 0 Å². The number of rotatable bonds is 7. The Balaban J connectivity index is 2.09. The van der Waals surface area contributed by atoms with Crippen molar-refractivity contribution in [3.8, 4) is 0 Å². The number of nitrogens with zero attached hydrogens (tertiary/aromatic N) is 1. The number of para-hydroxylation sites is 1. The van der Waals surface area contributed by atoms with Crippen LogP contribution in [0.25, 0.3) is 10.9 Å². The standard InChI is InChI=1S/C23H23FN2O3/c1-3-7-18-16(4-2)20(17-8-5-6-9-19(17)26-18)23(28)29-21(22(25)27)14-10-12-15(24)13-11-14/h5-6,8-13,21H,3-4,7H2,1-2H3,(H2,25,27). The van der Waals surface area contributed by atoms with Crippen molar-refractivity contribution in [3.63, 3.8) is 0 Å². The van der Waals surface area contributed by atoms with Crippen LogP contribution in [0, 0.1) is 5.82 Å². The largest absolute Gasteiger partial charge is 0.444 e. The monoisotopic (exact) mass is 394 g/mol. The van der Waals surface area contributed by atoms with Crippen LogP contribution in [0.2, 0.25) is 0 Å². The quantitative estimate of drug-likeness (QED) is 0.607. The summed E-state index contributed by atoms with van der Waals surface area (Å²) in [5, 5.41) is 0.663. The highest BCUT2D eigenvalue weighted by molar-refractivity contribution is 6.05. The molecule has 29 heavy (non-hydrogen) atoms. The smallest absolute Gasteiger partial charge is 0.340 e. The van der Waals surface area contributed by atoms with Crippen molar-refractivity contribution >= 4 is 22.8 Å². The Morgan fingerprint density at radius 2 is 1.79 bits per heavy atom. The van der Waals surface area contributed by atoms with E-state index in [-0.39, 0.29) is 0 Å². The second kappa shape index (κ2) is 8.82. The van der Waals surface area contributed by atoms with E-state index in [1.54, 1.807) is 0 Å². The first-order valence-electron chi connectivity index (χ1n) is 9.62. The highest BCUT2D eigenvalue weighted by Crippen LogP contribution is 2.28. The molecule has 0 saturated carbocycles. The van der Waals surface area contributed by atoms with Crippen LogP contribution in [0.1, 0.15) is 53.6 Å². The molecule has 150 valence electrons. The average molecular weight is 394 g/mol. The molecule has 0 aliphatic carbocycles. The maximum Gasteiger partial charge on any atom is 0.340 e. The highest BCUT2D eigenvalue weighted by atomic mass is 19.1. The van der Waals surface area contributed by atoms with Gasteiger partial charge in [-0.3, -0.25) is 9.78 Å². The highest BCUT2D eigenvalue weighted by Gasteiger charge is 2.27. The zero-order valence-electron chi connectivity index (χ0n) is 16.4. The minimum atomic E-state index is -1.31. The molecular weight excluding hydrogens is 371 g/mol. The number of pyridine rings is 1. The number of primary amides is 1. The Kier molecular flexibility index (Phi) is 6.22. The number of fused-ring (bicyclic) bond motifs is 1. The Labute approximate surface area is 168 Å². The second-order valence-electron chi connectivity index (χ2n) is 6.77. The fourth-order valence-electron chi connectivity index (χ4n) is 3.45. The van der Waals surface area contributed by atoms with Gasteiger partial charge in [0.2, 0.25) is 6.10 Å². The van der Waals surface area contributed by atoms with Crippen LogP contribution in [-0.2, 0) is 22.4 Å². The third-order valence-corrected chi connectivity index (χ3v) is 4.78. The molecule has 0 fully saturated rings. The summed E-state index contributed by atoms with van der Waals surface area (Å²) < 4.78 is 18.8. The third kappa shape index (κ3) is 4.26. The molecule has 1 atom stereocenters. The number of benzene rings is 2. The zero-order valence-corrected chi connectivity index (χ0v) is 16.4.